The molecule has 0 radical (unpaired) electrons. The van der Waals surface area contributed by atoms with Gasteiger partial charge in [0.05, 0.1) is 12.6 Å². The van der Waals surface area contributed by atoms with Gasteiger partial charge in [-0.05, 0) is 24.8 Å². The summed E-state index contributed by atoms with van der Waals surface area (Å²) in [7, 11) is 0. The Hall–Kier alpha value is -4.24. The van der Waals surface area contributed by atoms with E-state index >= 15 is 0 Å². The quantitative estimate of drug-likeness (QED) is 0.0548. The minimum Gasteiger partial charge on any atom is -0.481 e. The summed E-state index contributed by atoms with van der Waals surface area (Å²) in [5.41, 5.74) is 16.9. The van der Waals surface area contributed by atoms with Crippen LogP contribution in [0.2, 0.25) is 0 Å². The molecular weight excluding hydrogens is 502 g/mol. The van der Waals surface area contributed by atoms with Crippen LogP contribution in [0.3, 0.4) is 0 Å². The van der Waals surface area contributed by atoms with Crippen LogP contribution >= 0.6 is 0 Å². The average molecular weight is 538 g/mol. The number of hydrogen-bond acceptors (Lipinski definition) is 8. The number of nitrogens with two attached hydrogens (primary N) is 3. The number of benzene rings is 1. The largest absolute Gasteiger partial charge is 0.481 e. The Labute approximate surface area is 218 Å². The van der Waals surface area contributed by atoms with Crippen molar-refractivity contribution in [3.8, 4) is 0 Å². The molecule has 12 N–H and O–H groups in total. The smallest absolute Gasteiger partial charge is 0.326 e. The fourth-order valence-electron chi connectivity index (χ4n) is 3.25. The number of carbonyl (C=O) groups excluding carboxylic acids is 3. The Morgan fingerprint density at radius 2 is 1.42 bits per heavy atom. The van der Waals surface area contributed by atoms with E-state index in [1.807, 2.05) is 0 Å². The lowest BCUT2D eigenvalue weighted by Crippen LogP contribution is -2.58. The van der Waals surface area contributed by atoms with E-state index < -0.39 is 60.4 Å². The van der Waals surface area contributed by atoms with Gasteiger partial charge in [0.25, 0.3) is 0 Å². The molecule has 4 atom stereocenters. The highest BCUT2D eigenvalue weighted by molar-refractivity contribution is 5.94. The molecule has 210 valence electrons. The van der Waals surface area contributed by atoms with E-state index in [0.29, 0.717) is 5.56 Å². The minimum absolute atomic E-state index is 0.00549. The average Bonchev–Trinajstić information content (AvgIpc) is 2.87. The summed E-state index contributed by atoms with van der Waals surface area (Å²) in [6, 6.07) is 3.22. The van der Waals surface area contributed by atoms with Crippen LogP contribution in [0.25, 0.3) is 0 Å². The van der Waals surface area contributed by atoms with Crippen molar-refractivity contribution in [2.75, 3.05) is 13.2 Å². The molecule has 1 aromatic rings. The molecule has 0 aliphatic heterocycles. The standard InChI is InChI=1S/C23H35N7O8/c24-14(8-9-18(32)33)19(34)28-15(7-4-10-27-23(25)26)20(35)30-17(12-31)21(36)29-16(22(37)38)11-13-5-2-1-3-6-13/h1-3,5-6,14-17,31H,4,7-12,24H2,(H,28,34)(H,29,36)(H,30,35)(H,32,33)(H,37,38)(H4,25,26,27). The van der Waals surface area contributed by atoms with Crippen LogP contribution in [0.15, 0.2) is 35.3 Å². The van der Waals surface area contributed by atoms with E-state index in [1.165, 1.54) is 0 Å². The highest BCUT2D eigenvalue weighted by Crippen LogP contribution is 2.05. The number of guanidine groups is 1. The van der Waals surface area contributed by atoms with E-state index in [4.69, 9.17) is 22.3 Å². The molecule has 3 amide bonds. The summed E-state index contributed by atoms with van der Waals surface area (Å²) in [6.07, 6.45) is -0.342. The first-order valence-corrected chi connectivity index (χ1v) is 11.8. The lowest BCUT2D eigenvalue weighted by atomic mass is 10.1. The molecule has 0 saturated heterocycles. The van der Waals surface area contributed by atoms with E-state index in [2.05, 4.69) is 20.9 Å². The second-order valence-electron chi connectivity index (χ2n) is 8.38. The van der Waals surface area contributed by atoms with E-state index in [-0.39, 0.29) is 44.6 Å². The van der Waals surface area contributed by atoms with Gasteiger partial charge >= 0.3 is 11.9 Å². The number of carbonyl (C=O) groups is 5. The molecule has 38 heavy (non-hydrogen) atoms. The van der Waals surface area contributed by atoms with Crippen LogP contribution in [0.5, 0.6) is 0 Å². The van der Waals surface area contributed by atoms with Crippen molar-refractivity contribution in [3.05, 3.63) is 35.9 Å². The number of aliphatic hydroxyl groups excluding tert-OH is 1. The number of hydrogen-bond donors (Lipinski definition) is 9. The lowest BCUT2D eigenvalue weighted by Gasteiger charge is -2.24. The molecule has 0 heterocycles. The number of aliphatic hydroxyl groups is 1. The third-order valence-corrected chi connectivity index (χ3v) is 5.30. The van der Waals surface area contributed by atoms with Gasteiger partial charge in [-0.3, -0.25) is 24.2 Å². The summed E-state index contributed by atoms with van der Waals surface area (Å²) < 4.78 is 0. The van der Waals surface area contributed by atoms with E-state index in [1.54, 1.807) is 30.3 Å². The summed E-state index contributed by atoms with van der Waals surface area (Å²) in [6.45, 7) is -0.737. The number of nitrogens with zero attached hydrogens (tertiary/aromatic N) is 1. The Morgan fingerprint density at radius 1 is 0.842 bits per heavy atom. The summed E-state index contributed by atoms with van der Waals surface area (Å²) in [4.78, 5) is 64.2. The van der Waals surface area contributed by atoms with Gasteiger partial charge in [0.15, 0.2) is 5.96 Å². The molecule has 0 aromatic heterocycles. The van der Waals surface area contributed by atoms with Crippen molar-refractivity contribution >= 4 is 35.6 Å². The molecule has 0 bridgehead atoms. The topological polar surface area (TPSA) is 273 Å². The van der Waals surface area contributed by atoms with Crippen molar-refractivity contribution in [1.29, 1.82) is 0 Å². The molecule has 0 saturated carbocycles. The van der Waals surface area contributed by atoms with Crippen LogP contribution in [0.1, 0.15) is 31.2 Å². The van der Waals surface area contributed by atoms with Gasteiger partial charge in [-0.1, -0.05) is 30.3 Å². The highest BCUT2D eigenvalue weighted by Gasteiger charge is 2.30. The molecule has 4 unspecified atom stereocenters. The molecule has 1 rings (SSSR count). The minimum atomic E-state index is -1.53. The van der Waals surface area contributed by atoms with Crippen LogP contribution in [-0.2, 0) is 30.4 Å². The van der Waals surface area contributed by atoms with Crippen LogP contribution in [0.4, 0.5) is 0 Å². The maximum Gasteiger partial charge on any atom is 0.326 e. The third-order valence-electron chi connectivity index (χ3n) is 5.30. The fourth-order valence-corrected chi connectivity index (χ4v) is 3.25. The van der Waals surface area contributed by atoms with Crippen molar-refractivity contribution in [3.63, 3.8) is 0 Å². The maximum absolute atomic E-state index is 12.9. The van der Waals surface area contributed by atoms with Gasteiger partial charge < -0.3 is 48.5 Å². The predicted octanol–water partition coefficient (Wildman–Crippen LogP) is -2.99. The number of rotatable bonds is 17. The maximum atomic E-state index is 12.9. The second-order valence-corrected chi connectivity index (χ2v) is 8.38. The van der Waals surface area contributed by atoms with Gasteiger partial charge in [0.1, 0.15) is 18.1 Å². The number of aliphatic carboxylic acids is 2. The molecule has 15 nitrogen and oxygen atoms in total. The van der Waals surface area contributed by atoms with Crippen molar-refractivity contribution in [2.45, 2.75) is 56.3 Å². The Bertz CT molecular complexity index is 985. The summed E-state index contributed by atoms with van der Waals surface area (Å²) >= 11 is 0. The zero-order chi connectivity index (χ0) is 28.7. The van der Waals surface area contributed by atoms with Crippen LogP contribution in [0, 0.1) is 0 Å². The zero-order valence-corrected chi connectivity index (χ0v) is 20.7. The molecule has 15 heteroatoms. The van der Waals surface area contributed by atoms with Crippen LogP contribution in [-0.4, -0.2) is 88.3 Å². The molecule has 1 aromatic carbocycles. The molecule has 0 fully saturated rings. The first-order valence-electron chi connectivity index (χ1n) is 11.8. The van der Waals surface area contributed by atoms with Gasteiger partial charge in [-0.15, -0.1) is 0 Å². The van der Waals surface area contributed by atoms with Crippen molar-refractivity contribution in [2.24, 2.45) is 22.2 Å². The Kier molecular flexibility index (Phi) is 13.8. The number of carboxylic acids is 2. The molecule has 0 aliphatic rings. The Morgan fingerprint density at radius 3 is 1.97 bits per heavy atom. The Balaban J connectivity index is 2.90. The number of aliphatic imine (C=N–C) groups is 1. The number of amides is 3. The van der Waals surface area contributed by atoms with Gasteiger partial charge in [0.2, 0.25) is 17.7 Å². The first-order chi connectivity index (χ1) is 17.9. The molecule has 0 aliphatic carbocycles. The highest BCUT2D eigenvalue weighted by atomic mass is 16.4. The van der Waals surface area contributed by atoms with Crippen molar-refractivity contribution in [1.82, 2.24) is 16.0 Å². The number of carboxylic acid groups (broad SMARTS) is 2. The lowest BCUT2D eigenvalue weighted by molar-refractivity contribution is -0.142. The van der Waals surface area contributed by atoms with E-state index in [9.17, 15) is 34.2 Å². The van der Waals surface area contributed by atoms with Gasteiger partial charge in [-0.2, -0.15) is 0 Å². The number of nitrogens with one attached hydrogen (secondary N) is 3. The van der Waals surface area contributed by atoms with Gasteiger partial charge in [-0.25, -0.2) is 4.79 Å². The molecule has 0 spiro atoms. The molecular formula is C23H35N7O8. The first kappa shape index (κ1) is 31.8. The van der Waals surface area contributed by atoms with Crippen LogP contribution < -0.4 is 33.2 Å². The zero-order valence-electron chi connectivity index (χ0n) is 20.7. The normalized spacial score (nSPS) is 13.7. The SMILES string of the molecule is NC(N)=NCCCC(NC(=O)C(N)CCC(=O)O)C(=O)NC(CO)C(=O)NC(Cc1ccccc1)C(=O)O. The van der Waals surface area contributed by atoms with Gasteiger partial charge in [0, 0.05) is 19.4 Å². The second kappa shape index (κ2) is 16.5. The predicted molar refractivity (Wildman–Crippen MR) is 135 cm³/mol. The van der Waals surface area contributed by atoms with Crippen molar-refractivity contribution < 1.29 is 39.3 Å². The fraction of sp³-hybridized carbons (Fsp3) is 0.478. The summed E-state index contributed by atoms with van der Waals surface area (Å²) in [5.74, 6) is -5.25. The summed E-state index contributed by atoms with van der Waals surface area (Å²) in [5, 5.41) is 35.0. The van der Waals surface area contributed by atoms with E-state index in [0.717, 1.165) is 0 Å². The third kappa shape index (κ3) is 12.1. The monoisotopic (exact) mass is 537 g/mol.